The van der Waals surface area contributed by atoms with Gasteiger partial charge in [0.05, 0.1) is 29.6 Å². The van der Waals surface area contributed by atoms with Gasteiger partial charge in [-0.1, -0.05) is 23.7 Å². The van der Waals surface area contributed by atoms with Crippen molar-refractivity contribution in [1.29, 1.82) is 0 Å². The van der Waals surface area contributed by atoms with E-state index in [2.05, 4.69) is 10.1 Å². The van der Waals surface area contributed by atoms with Crippen molar-refractivity contribution in [1.82, 2.24) is 9.99 Å². The maximum Gasteiger partial charge on any atom is 0.248 e. The molecule has 0 bridgehead atoms. The number of carbonyl (C=O) groups is 1. The van der Waals surface area contributed by atoms with Crippen molar-refractivity contribution in [2.75, 3.05) is 0 Å². The van der Waals surface area contributed by atoms with Gasteiger partial charge < -0.3 is 4.42 Å². The molecule has 5 nitrogen and oxygen atoms in total. The highest BCUT2D eigenvalue weighted by Gasteiger charge is 2.35. The third-order valence-electron chi connectivity index (χ3n) is 4.37. The van der Waals surface area contributed by atoms with Crippen LogP contribution in [0.25, 0.3) is 0 Å². The molecule has 1 aliphatic heterocycles. The van der Waals surface area contributed by atoms with Crippen LogP contribution >= 0.6 is 22.9 Å². The smallest absolute Gasteiger partial charge is 0.248 e. The first kappa shape index (κ1) is 17.0. The molecule has 1 atom stereocenters. The number of thiazole rings is 1. The van der Waals surface area contributed by atoms with Crippen LogP contribution < -0.4 is 0 Å². The summed E-state index contributed by atoms with van der Waals surface area (Å²) in [5.41, 5.74) is 4.45. The zero-order chi connectivity index (χ0) is 18.1. The van der Waals surface area contributed by atoms with E-state index in [9.17, 15) is 4.79 Å². The zero-order valence-electron chi connectivity index (χ0n) is 14.1. The maximum atomic E-state index is 12.9. The Morgan fingerprint density at radius 1 is 1.35 bits per heavy atom. The molecular formula is C19H16ClN3O2S. The number of aromatic nitrogens is 1. The van der Waals surface area contributed by atoms with Crippen molar-refractivity contribution in [3.63, 3.8) is 0 Å². The van der Waals surface area contributed by atoms with E-state index >= 15 is 0 Å². The average molecular weight is 386 g/mol. The first-order chi connectivity index (χ1) is 12.6. The first-order valence-electron chi connectivity index (χ1n) is 8.19. The van der Waals surface area contributed by atoms with Gasteiger partial charge >= 0.3 is 0 Å². The van der Waals surface area contributed by atoms with Crippen molar-refractivity contribution < 1.29 is 9.21 Å². The highest BCUT2D eigenvalue weighted by molar-refractivity contribution is 7.09. The maximum absolute atomic E-state index is 12.9. The van der Waals surface area contributed by atoms with E-state index in [-0.39, 0.29) is 18.4 Å². The van der Waals surface area contributed by atoms with Crippen LogP contribution in [0.3, 0.4) is 0 Å². The van der Waals surface area contributed by atoms with Crippen molar-refractivity contribution in [2.24, 2.45) is 5.10 Å². The van der Waals surface area contributed by atoms with E-state index < -0.39 is 0 Å². The number of benzene rings is 1. The minimum absolute atomic E-state index is 0.0669. The minimum Gasteiger partial charge on any atom is -0.467 e. The number of furan rings is 1. The zero-order valence-corrected chi connectivity index (χ0v) is 15.6. The Labute approximate surface area is 159 Å². The van der Waals surface area contributed by atoms with E-state index in [1.54, 1.807) is 16.8 Å². The fraction of sp³-hybridized carbons (Fsp3) is 0.211. The molecule has 0 aliphatic carbocycles. The van der Waals surface area contributed by atoms with Gasteiger partial charge in [-0.15, -0.1) is 11.3 Å². The largest absolute Gasteiger partial charge is 0.467 e. The van der Waals surface area contributed by atoms with Crippen LogP contribution in [0, 0.1) is 6.92 Å². The van der Waals surface area contributed by atoms with Crippen LogP contribution in [0.1, 0.15) is 34.4 Å². The van der Waals surface area contributed by atoms with E-state index in [1.807, 2.05) is 43.3 Å². The van der Waals surface area contributed by atoms with Gasteiger partial charge in [0.25, 0.3) is 0 Å². The number of aryl methyl sites for hydroxylation is 1. The molecule has 132 valence electrons. The predicted molar refractivity (Wildman–Crippen MR) is 101 cm³/mol. The topological polar surface area (TPSA) is 58.7 Å². The van der Waals surface area contributed by atoms with Crippen LogP contribution in [-0.2, 0) is 11.2 Å². The molecule has 3 heterocycles. The summed E-state index contributed by atoms with van der Waals surface area (Å²) < 4.78 is 5.56. The van der Waals surface area contributed by atoms with Gasteiger partial charge in [-0.25, -0.2) is 9.99 Å². The van der Waals surface area contributed by atoms with Gasteiger partial charge in [-0.3, -0.25) is 4.79 Å². The molecule has 0 radical (unpaired) electrons. The Morgan fingerprint density at radius 2 is 2.15 bits per heavy atom. The van der Waals surface area contributed by atoms with Gasteiger partial charge in [-0.05, 0) is 36.8 Å². The fourth-order valence-corrected chi connectivity index (χ4v) is 3.87. The summed E-state index contributed by atoms with van der Waals surface area (Å²) in [6.45, 7) is 1.91. The molecule has 1 aliphatic rings. The molecule has 0 saturated carbocycles. The highest BCUT2D eigenvalue weighted by atomic mass is 35.5. The van der Waals surface area contributed by atoms with Crippen LogP contribution in [0.4, 0.5) is 0 Å². The van der Waals surface area contributed by atoms with Gasteiger partial charge in [-0.2, -0.15) is 5.10 Å². The summed E-state index contributed by atoms with van der Waals surface area (Å²) in [5, 5.41) is 6.83. The molecule has 0 spiro atoms. The van der Waals surface area contributed by atoms with Crippen molar-refractivity contribution >= 4 is 34.6 Å². The number of hydrogen-bond donors (Lipinski definition) is 0. The Balaban J connectivity index is 1.64. The predicted octanol–water partition coefficient (Wildman–Crippen LogP) is 4.62. The van der Waals surface area contributed by atoms with Gasteiger partial charge in [0, 0.05) is 16.3 Å². The molecule has 1 amide bonds. The number of rotatable bonds is 4. The Bertz CT molecular complexity index is 948. The van der Waals surface area contributed by atoms with Crippen molar-refractivity contribution in [3.8, 4) is 0 Å². The lowest BCUT2D eigenvalue weighted by atomic mass is 10.0. The van der Waals surface area contributed by atoms with Gasteiger partial charge in [0.2, 0.25) is 5.91 Å². The average Bonchev–Trinajstić information content (AvgIpc) is 3.36. The molecule has 0 N–H and O–H groups in total. The van der Waals surface area contributed by atoms with Crippen LogP contribution in [0.2, 0.25) is 5.02 Å². The van der Waals surface area contributed by atoms with Gasteiger partial charge in [0.1, 0.15) is 11.8 Å². The second-order valence-corrected chi connectivity index (χ2v) is 7.44. The number of amides is 1. The first-order valence-corrected chi connectivity index (χ1v) is 9.45. The lowest BCUT2D eigenvalue weighted by Crippen LogP contribution is -2.28. The standard InChI is InChI=1S/C19H16ClN3O2S/c1-12-18(26-11-21-12)10-19(24)23-16(17-3-2-8-25-17)9-15(22-23)13-4-6-14(20)7-5-13/h2-8,11,16H,9-10H2,1H3. The van der Waals surface area contributed by atoms with Gasteiger partial charge in [0.15, 0.2) is 0 Å². The Kier molecular flexibility index (Phi) is 4.61. The van der Waals surface area contributed by atoms with E-state index in [0.29, 0.717) is 11.4 Å². The van der Waals surface area contributed by atoms with E-state index in [4.69, 9.17) is 16.0 Å². The fourth-order valence-electron chi connectivity index (χ4n) is 2.97. The van der Waals surface area contributed by atoms with Crippen molar-refractivity contribution in [3.05, 3.63) is 75.1 Å². The molecule has 2 aromatic heterocycles. The van der Waals surface area contributed by atoms with E-state index in [0.717, 1.165) is 27.6 Å². The molecule has 26 heavy (non-hydrogen) atoms. The molecular weight excluding hydrogens is 370 g/mol. The quantitative estimate of drug-likeness (QED) is 0.658. The SMILES string of the molecule is Cc1ncsc1CC(=O)N1N=C(c2ccc(Cl)cc2)CC1c1ccco1. The number of hydrogen-bond acceptors (Lipinski definition) is 5. The van der Waals surface area contributed by atoms with Crippen molar-refractivity contribution in [2.45, 2.75) is 25.8 Å². The lowest BCUT2D eigenvalue weighted by Gasteiger charge is -2.19. The summed E-state index contributed by atoms with van der Waals surface area (Å²) in [6.07, 6.45) is 2.50. The summed E-state index contributed by atoms with van der Waals surface area (Å²) in [5.74, 6) is 0.662. The Hall–Kier alpha value is -2.44. The second-order valence-electron chi connectivity index (χ2n) is 6.06. The number of carbonyl (C=O) groups excluding carboxylic acids is 1. The summed E-state index contributed by atoms with van der Waals surface area (Å²) in [6, 6.07) is 11.0. The lowest BCUT2D eigenvalue weighted by molar-refractivity contribution is -0.132. The van der Waals surface area contributed by atoms with Crippen LogP contribution in [0.15, 0.2) is 57.7 Å². The highest BCUT2D eigenvalue weighted by Crippen LogP contribution is 2.34. The summed E-state index contributed by atoms with van der Waals surface area (Å²) in [7, 11) is 0. The van der Waals surface area contributed by atoms with E-state index in [1.165, 1.54) is 11.3 Å². The molecule has 4 rings (SSSR count). The number of nitrogens with zero attached hydrogens (tertiary/aromatic N) is 3. The monoisotopic (exact) mass is 385 g/mol. The molecule has 7 heteroatoms. The second kappa shape index (κ2) is 7.05. The number of halogens is 1. The molecule has 1 unspecified atom stereocenters. The minimum atomic E-state index is -0.239. The third kappa shape index (κ3) is 3.30. The molecule has 0 fully saturated rings. The summed E-state index contributed by atoms with van der Waals surface area (Å²) >= 11 is 7.47. The Morgan fingerprint density at radius 3 is 2.81 bits per heavy atom. The number of hydrazone groups is 1. The summed E-state index contributed by atoms with van der Waals surface area (Å²) in [4.78, 5) is 18.1. The molecule has 3 aromatic rings. The molecule has 0 saturated heterocycles. The normalized spacial score (nSPS) is 16.8. The van der Waals surface area contributed by atoms with Crippen LogP contribution in [0.5, 0.6) is 0 Å². The molecule has 1 aromatic carbocycles. The third-order valence-corrected chi connectivity index (χ3v) is 5.56. The van der Waals surface area contributed by atoms with Crippen LogP contribution in [-0.4, -0.2) is 21.6 Å².